The van der Waals surface area contributed by atoms with Crippen molar-refractivity contribution in [2.24, 2.45) is 5.41 Å². The first-order valence-electron chi connectivity index (χ1n) is 9.92. The van der Waals surface area contributed by atoms with Gasteiger partial charge in [0, 0.05) is 62.3 Å². The second-order valence-corrected chi connectivity index (χ2v) is 8.30. The lowest BCUT2D eigenvalue weighted by Crippen LogP contribution is -2.54. The monoisotopic (exact) mass is 360 g/mol. The van der Waals surface area contributed by atoms with Crippen molar-refractivity contribution in [1.29, 1.82) is 0 Å². The number of anilines is 1. The largest absolute Gasteiger partial charge is 0.396 e. The Morgan fingerprint density at radius 2 is 2.08 bits per heavy atom. The Labute approximate surface area is 156 Å². The standard InChI is InChI=1S/C20H32N4O2/c1-15(2)19-21-16(3)12-17(22-19)23-9-4-7-20(13-23)8-6-18(26)24(14-20)10-5-11-25/h12,15,25H,4-11,13-14H2,1-3H3/t20-/m0/s1. The van der Waals surface area contributed by atoms with Crippen LogP contribution < -0.4 is 4.90 Å². The number of carbonyl (C=O) groups excluding carboxylic acids is 1. The molecule has 0 bridgehead atoms. The molecule has 2 aliphatic heterocycles. The zero-order valence-corrected chi connectivity index (χ0v) is 16.4. The van der Waals surface area contributed by atoms with Crippen molar-refractivity contribution in [1.82, 2.24) is 14.9 Å². The predicted molar refractivity (Wildman–Crippen MR) is 102 cm³/mol. The molecule has 3 heterocycles. The number of aliphatic hydroxyl groups is 1. The first-order valence-corrected chi connectivity index (χ1v) is 9.92. The van der Waals surface area contributed by atoms with Gasteiger partial charge in [-0.1, -0.05) is 13.8 Å². The molecule has 6 heteroatoms. The van der Waals surface area contributed by atoms with E-state index in [2.05, 4.69) is 29.8 Å². The third-order valence-electron chi connectivity index (χ3n) is 5.69. The summed E-state index contributed by atoms with van der Waals surface area (Å²) in [5.41, 5.74) is 1.17. The maximum atomic E-state index is 12.3. The Kier molecular flexibility index (Phi) is 5.80. The van der Waals surface area contributed by atoms with Crippen molar-refractivity contribution in [2.75, 3.05) is 37.7 Å². The van der Waals surface area contributed by atoms with Crippen molar-refractivity contribution in [2.45, 2.75) is 58.8 Å². The van der Waals surface area contributed by atoms with E-state index in [0.29, 0.717) is 25.3 Å². The number of carbonyl (C=O) groups is 1. The first kappa shape index (κ1) is 19.1. The Balaban J connectivity index is 1.77. The Morgan fingerprint density at radius 3 is 2.81 bits per heavy atom. The molecule has 1 N–H and O–H groups in total. The van der Waals surface area contributed by atoms with Gasteiger partial charge < -0.3 is 14.9 Å². The molecule has 1 amide bonds. The van der Waals surface area contributed by atoms with Crippen molar-refractivity contribution < 1.29 is 9.90 Å². The second-order valence-electron chi connectivity index (χ2n) is 8.30. The van der Waals surface area contributed by atoms with Gasteiger partial charge in [-0.3, -0.25) is 4.79 Å². The lowest BCUT2D eigenvalue weighted by Gasteiger charge is -2.48. The topological polar surface area (TPSA) is 69.6 Å². The number of aryl methyl sites for hydroxylation is 1. The lowest BCUT2D eigenvalue weighted by molar-refractivity contribution is -0.138. The maximum Gasteiger partial charge on any atom is 0.222 e. The van der Waals surface area contributed by atoms with Crippen LogP contribution in [0.2, 0.25) is 0 Å². The molecule has 2 saturated heterocycles. The molecular weight excluding hydrogens is 328 g/mol. The highest BCUT2D eigenvalue weighted by Crippen LogP contribution is 2.40. The Morgan fingerprint density at radius 1 is 1.27 bits per heavy atom. The SMILES string of the molecule is Cc1cc(N2CCC[C@]3(CCC(=O)N(CCCO)C3)C2)nc(C(C)C)n1. The quantitative estimate of drug-likeness (QED) is 0.874. The van der Waals surface area contributed by atoms with Crippen molar-refractivity contribution in [3.05, 3.63) is 17.6 Å². The van der Waals surface area contributed by atoms with Gasteiger partial charge in [0.25, 0.3) is 0 Å². The summed E-state index contributed by atoms with van der Waals surface area (Å²) in [6.07, 6.45) is 4.53. The molecule has 1 spiro atoms. The molecule has 0 unspecified atom stereocenters. The van der Waals surface area contributed by atoms with E-state index in [-0.39, 0.29) is 17.9 Å². The maximum absolute atomic E-state index is 12.3. The molecule has 1 atom stereocenters. The smallest absolute Gasteiger partial charge is 0.222 e. The highest BCUT2D eigenvalue weighted by atomic mass is 16.3. The van der Waals surface area contributed by atoms with Gasteiger partial charge in [-0.25, -0.2) is 9.97 Å². The van der Waals surface area contributed by atoms with Crippen LogP contribution in [0.1, 0.15) is 63.4 Å². The van der Waals surface area contributed by atoms with Crippen LogP contribution >= 0.6 is 0 Å². The minimum absolute atomic E-state index is 0.140. The van der Waals surface area contributed by atoms with Crippen molar-refractivity contribution in [3.8, 4) is 0 Å². The van der Waals surface area contributed by atoms with Gasteiger partial charge in [-0.05, 0) is 32.6 Å². The highest BCUT2D eigenvalue weighted by molar-refractivity contribution is 5.77. The number of hydrogen-bond donors (Lipinski definition) is 1. The number of rotatable bonds is 5. The average Bonchev–Trinajstić information content (AvgIpc) is 2.62. The summed E-state index contributed by atoms with van der Waals surface area (Å²) >= 11 is 0. The second kappa shape index (κ2) is 7.91. The fourth-order valence-corrected chi connectivity index (χ4v) is 4.30. The number of aliphatic hydroxyl groups excluding tert-OH is 1. The number of amides is 1. The number of likely N-dealkylation sites (tertiary alicyclic amines) is 1. The normalized spacial score (nSPS) is 24.0. The minimum Gasteiger partial charge on any atom is -0.396 e. The molecule has 0 radical (unpaired) electrons. The summed E-state index contributed by atoms with van der Waals surface area (Å²) in [6.45, 7) is 9.87. The summed E-state index contributed by atoms with van der Waals surface area (Å²) in [7, 11) is 0. The molecule has 0 aliphatic carbocycles. The number of nitrogens with zero attached hydrogens (tertiary/aromatic N) is 4. The molecule has 1 aromatic rings. The molecule has 2 fully saturated rings. The van der Waals surface area contributed by atoms with Gasteiger partial charge in [0.1, 0.15) is 11.6 Å². The zero-order valence-electron chi connectivity index (χ0n) is 16.4. The minimum atomic E-state index is 0.140. The molecule has 0 saturated carbocycles. The van der Waals surface area contributed by atoms with Crippen LogP contribution in [0.4, 0.5) is 5.82 Å². The Bertz CT molecular complexity index is 649. The fourth-order valence-electron chi connectivity index (χ4n) is 4.30. The average molecular weight is 361 g/mol. The molecule has 3 rings (SSSR count). The van der Waals surface area contributed by atoms with Crippen molar-refractivity contribution in [3.63, 3.8) is 0 Å². The molecular formula is C20H32N4O2. The highest BCUT2D eigenvalue weighted by Gasteiger charge is 2.41. The van der Waals surface area contributed by atoms with E-state index in [1.807, 2.05) is 11.8 Å². The van der Waals surface area contributed by atoms with Crippen LogP contribution in [0.25, 0.3) is 0 Å². The molecule has 2 aliphatic rings. The first-order chi connectivity index (χ1) is 12.4. The van der Waals surface area contributed by atoms with E-state index in [9.17, 15) is 4.79 Å². The summed E-state index contributed by atoms with van der Waals surface area (Å²) in [5.74, 6) is 2.48. The molecule has 144 valence electrons. The van der Waals surface area contributed by atoms with Gasteiger partial charge >= 0.3 is 0 Å². The number of aromatic nitrogens is 2. The summed E-state index contributed by atoms with van der Waals surface area (Å²) < 4.78 is 0. The zero-order chi connectivity index (χ0) is 18.7. The van der Waals surface area contributed by atoms with Crippen LogP contribution in [-0.2, 0) is 4.79 Å². The lowest BCUT2D eigenvalue weighted by atomic mass is 9.73. The van der Waals surface area contributed by atoms with Gasteiger partial charge in [0.2, 0.25) is 5.91 Å². The van der Waals surface area contributed by atoms with E-state index in [1.54, 1.807) is 0 Å². The molecule has 1 aromatic heterocycles. The van der Waals surface area contributed by atoms with E-state index >= 15 is 0 Å². The summed E-state index contributed by atoms with van der Waals surface area (Å²) in [4.78, 5) is 26.0. The Hall–Kier alpha value is -1.69. The van der Waals surface area contributed by atoms with Gasteiger partial charge in [-0.2, -0.15) is 0 Å². The van der Waals surface area contributed by atoms with Crippen LogP contribution in [0.3, 0.4) is 0 Å². The fraction of sp³-hybridized carbons (Fsp3) is 0.750. The van der Waals surface area contributed by atoms with Gasteiger partial charge in [-0.15, -0.1) is 0 Å². The number of piperidine rings is 2. The van der Waals surface area contributed by atoms with E-state index in [4.69, 9.17) is 10.1 Å². The van der Waals surface area contributed by atoms with Crippen LogP contribution in [0.5, 0.6) is 0 Å². The van der Waals surface area contributed by atoms with E-state index in [0.717, 1.165) is 56.2 Å². The predicted octanol–water partition coefficient (Wildman–Crippen LogP) is 2.50. The third-order valence-corrected chi connectivity index (χ3v) is 5.69. The van der Waals surface area contributed by atoms with Gasteiger partial charge in [0.05, 0.1) is 0 Å². The summed E-state index contributed by atoms with van der Waals surface area (Å²) in [6, 6.07) is 2.09. The van der Waals surface area contributed by atoms with Crippen LogP contribution in [-0.4, -0.2) is 58.7 Å². The van der Waals surface area contributed by atoms with Crippen LogP contribution in [0, 0.1) is 12.3 Å². The molecule has 26 heavy (non-hydrogen) atoms. The van der Waals surface area contributed by atoms with Crippen molar-refractivity contribution >= 4 is 11.7 Å². The third kappa shape index (κ3) is 4.17. The molecule has 0 aromatic carbocycles. The number of hydrogen-bond acceptors (Lipinski definition) is 5. The van der Waals surface area contributed by atoms with Gasteiger partial charge in [0.15, 0.2) is 0 Å². The summed E-state index contributed by atoms with van der Waals surface area (Å²) in [5, 5.41) is 9.11. The van der Waals surface area contributed by atoms with Crippen LogP contribution in [0.15, 0.2) is 6.07 Å². The van der Waals surface area contributed by atoms with E-state index < -0.39 is 0 Å². The molecule has 6 nitrogen and oxygen atoms in total. The van der Waals surface area contributed by atoms with E-state index in [1.165, 1.54) is 0 Å².